The Morgan fingerprint density at radius 1 is 1.29 bits per heavy atom. The van der Waals surface area contributed by atoms with Crippen molar-refractivity contribution in [2.24, 2.45) is 5.73 Å². The zero-order valence-electron chi connectivity index (χ0n) is 11.8. The van der Waals surface area contributed by atoms with Gasteiger partial charge in [0.15, 0.2) is 0 Å². The molecule has 0 spiro atoms. The summed E-state index contributed by atoms with van der Waals surface area (Å²) in [7, 11) is -2.42. The van der Waals surface area contributed by atoms with Gasteiger partial charge in [0.2, 0.25) is 10.0 Å². The molecule has 0 atom stereocenters. The van der Waals surface area contributed by atoms with Gasteiger partial charge in [0.1, 0.15) is 17.3 Å². The molecule has 2 rings (SSSR count). The van der Waals surface area contributed by atoms with E-state index in [9.17, 15) is 12.8 Å². The summed E-state index contributed by atoms with van der Waals surface area (Å²) in [5, 5.41) is 0. The van der Waals surface area contributed by atoms with Crippen molar-refractivity contribution in [1.82, 2.24) is 4.31 Å². The van der Waals surface area contributed by atoms with E-state index in [1.54, 1.807) is 19.1 Å². The average molecular weight is 312 g/mol. The van der Waals surface area contributed by atoms with Gasteiger partial charge in [0, 0.05) is 13.6 Å². The van der Waals surface area contributed by atoms with E-state index < -0.39 is 15.8 Å². The summed E-state index contributed by atoms with van der Waals surface area (Å²) >= 11 is 0. The van der Waals surface area contributed by atoms with Gasteiger partial charge in [0.25, 0.3) is 0 Å². The highest BCUT2D eigenvalue weighted by molar-refractivity contribution is 7.89. The molecule has 114 valence electrons. The summed E-state index contributed by atoms with van der Waals surface area (Å²) in [6.07, 6.45) is 0. The standard InChI is InChI=1S/C14H17FN2O3S/c1-10-3-6-13(20-10)9-17(2)21(18,19)14-7-12(15)5-4-11(14)8-16/h3-7H,8-9,16H2,1-2H3. The van der Waals surface area contributed by atoms with Crippen LogP contribution in [-0.2, 0) is 23.1 Å². The Kier molecular flexibility index (Phi) is 4.46. The largest absolute Gasteiger partial charge is 0.465 e. The molecular formula is C14H17FN2O3S. The number of furan rings is 1. The van der Waals surface area contributed by atoms with Crippen molar-refractivity contribution < 1.29 is 17.2 Å². The first kappa shape index (κ1) is 15.7. The smallest absolute Gasteiger partial charge is 0.243 e. The third-order valence-corrected chi connectivity index (χ3v) is 5.00. The van der Waals surface area contributed by atoms with Crippen molar-refractivity contribution in [3.05, 3.63) is 53.2 Å². The summed E-state index contributed by atoms with van der Waals surface area (Å²) in [5.74, 6) is 0.599. The van der Waals surface area contributed by atoms with Gasteiger partial charge >= 0.3 is 0 Å². The lowest BCUT2D eigenvalue weighted by atomic mass is 10.2. The second-order valence-corrected chi connectivity index (χ2v) is 6.74. The van der Waals surface area contributed by atoms with E-state index in [0.29, 0.717) is 17.1 Å². The fourth-order valence-electron chi connectivity index (χ4n) is 1.98. The minimum Gasteiger partial charge on any atom is -0.465 e. The normalized spacial score (nSPS) is 12.0. The van der Waals surface area contributed by atoms with Crippen LogP contribution < -0.4 is 5.73 Å². The average Bonchev–Trinajstić information content (AvgIpc) is 2.84. The molecule has 21 heavy (non-hydrogen) atoms. The number of benzene rings is 1. The third kappa shape index (κ3) is 3.31. The van der Waals surface area contributed by atoms with Crippen LogP contribution in [0, 0.1) is 12.7 Å². The van der Waals surface area contributed by atoms with Gasteiger partial charge in [-0.1, -0.05) is 6.07 Å². The Balaban J connectivity index is 2.35. The van der Waals surface area contributed by atoms with Gasteiger partial charge in [0.05, 0.1) is 11.4 Å². The first-order valence-corrected chi connectivity index (χ1v) is 7.78. The predicted octanol–water partition coefficient (Wildman–Crippen LogP) is 2.01. The minimum absolute atomic E-state index is 0.0164. The molecule has 0 saturated heterocycles. The van der Waals surface area contributed by atoms with E-state index in [1.165, 1.54) is 19.2 Å². The zero-order valence-corrected chi connectivity index (χ0v) is 12.7. The number of rotatable bonds is 5. The van der Waals surface area contributed by atoms with E-state index in [2.05, 4.69) is 0 Å². The Labute approximate surface area is 123 Å². The van der Waals surface area contributed by atoms with Crippen molar-refractivity contribution in [2.75, 3.05) is 7.05 Å². The van der Waals surface area contributed by atoms with Gasteiger partial charge in [-0.05, 0) is 36.8 Å². The summed E-state index contributed by atoms with van der Waals surface area (Å²) in [5.41, 5.74) is 5.90. The molecule has 7 heteroatoms. The number of aryl methyl sites for hydroxylation is 1. The lowest BCUT2D eigenvalue weighted by molar-refractivity contribution is 0.397. The molecule has 5 nitrogen and oxygen atoms in total. The quantitative estimate of drug-likeness (QED) is 0.916. The summed E-state index contributed by atoms with van der Waals surface area (Å²) in [4.78, 5) is -0.115. The molecule has 0 unspecified atom stereocenters. The molecule has 2 N–H and O–H groups in total. The second kappa shape index (κ2) is 5.97. The number of hydrogen-bond donors (Lipinski definition) is 1. The monoisotopic (exact) mass is 312 g/mol. The molecule has 0 amide bonds. The number of nitrogens with zero attached hydrogens (tertiary/aromatic N) is 1. The Morgan fingerprint density at radius 3 is 2.57 bits per heavy atom. The van der Waals surface area contributed by atoms with Crippen LogP contribution >= 0.6 is 0 Å². The molecule has 0 radical (unpaired) electrons. The summed E-state index contributed by atoms with van der Waals surface area (Å²) < 4.78 is 44.9. The second-order valence-electron chi connectivity index (χ2n) is 4.73. The fourth-order valence-corrected chi connectivity index (χ4v) is 3.36. The van der Waals surface area contributed by atoms with E-state index in [1.807, 2.05) is 0 Å². The molecule has 1 aromatic carbocycles. The maximum absolute atomic E-state index is 13.4. The van der Waals surface area contributed by atoms with Crippen LogP contribution in [0.2, 0.25) is 0 Å². The van der Waals surface area contributed by atoms with E-state index in [-0.39, 0.29) is 18.0 Å². The van der Waals surface area contributed by atoms with Crippen LogP contribution in [0.1, 0.15) is 17.1 Å². The van der Waals surface area contributed by atoms with Gasteiger partial charge in [-0.3, -0.25) is 0 Å². The van der Waals surface area contributed by atoms with Crippen LogP contribution in [0.5, 0.6) is 0 Å². The SMILES string of the molecule is Cc1ccc(CN(C)S(=O)(=O)c2cc(F)ccc2CN)o1. The number of hydrogen-bond acceptors (Lipinski definition) is 4. The van der Waals surface area contributed by atoms with Crippen LogP contribution in [0.3, 0.4) is 0 Å². The topological polar surface area (TPSA) is 76.5 Å². The Morgan fingerprint density at radius 2 is 2.00 bits per heavy atom. The van der Waals surface area contributed by atoms with Crippen molar-refractivity contribution in [3.63, 3.8) is 0 Å². The molecule has 0 bridgehead atoms. The number of sulfonamides is 1. The highest BCUT2D eigenvalue weighted by Crippen LogP contribution is 2.22. The molecule has 0 aliphatic rings. The zero-order chi connectivity index (χ0) is 15.6. The first-order chi connectivity index (χ1) is 9.84. The highest BCUT2D eigenvalue weighted by atomic mass is 32.2. The van der Waals surface area contributed by atoms with E-state index in [4.69, 9.17) is 10.2 Å². The van der Waals surface area contributed by atoms with E-state index in [0.717, 1.165) is 10.4 Å². The van der Waals surface area contributed by atoms with Gasteiger partial charge in [-0.25, -0.2) is 12.8 Å². The number of nitrogens with two attached hydrogens (primary N) is 1. The van der Waals surface area contributed by atoms with Gasteiger partial charge < -0.3 is 10.2 Å². The first-order valence-electron chi connectivity index (χ1n) is 6.34. The van der Waals surface area contributed by atoms with E-state index >= 15 is 0 Å². The van der Waals surface area contributed by atoms with Crippen molar-refractivity contribution in [1.29, 1.82) is 0 Å². The molecule has 2 aromatic rings. The lowest BCUT2D eigenvalue weighted by Gasteiger charge is -2.18. The molecule has 1 heterocycles. The lowest BCUT2D eigenvalue weighted by Crippen LogP contribution is -2.27. The molecule has 0 aliphatic carbocycles. The molecule has 1 aromatic heterocycles. The van der Waals surface area contributed by atoms with Crippen molar-refractivity contribution in [3.8, 4) is 0 Å². The Hall–Kier alpha value is -1.70. The van der Waals surface area contributed by atoms with Crippen molar-refractivity contribution >= 4 is 10.0 Å². The number of halogens is 1. The Bertz CT molecular complexity index is 740. The van der Waals surface area contributed by atoms with Gasteiger partial charge in [-0.2, -0.15) is 4.31 Å². The maximum atomic E-state index is 13.4. The molecule has 0 aliphatic heterocycles. The van der Waals surface area contributed by atoms with Crippen LogP contribution in [0.4, 0.5) is 4.39 Å². The fraction of sp³-hybridized carbons (Fsp3) is 0.286. The summed E-state index contributed by atoms with van der Waals surface area (Å²) in [6.45, 7) is 1.86. The molecule has 0 saturated carbocycles. The van der Waals surface area contributed by atoms with Gasteiger partial charge in [-0.15, -0.1) is 0 Å². The maximum Gasteiger partial charge on any atom is 0.243 e. The minimum atomic E-state index is -3.84. The van der Waals surface area contributed by atoms with Crippen molar-refractivity contribution in [2.45, 2.75) is 24.9 Å². The molecular weight excluding hydrogens is 295 g/mol. The summed E-state index contributed by atoms with van der Waals surface area (Å²) in [6, 6.07) is 7.02. The third-order valence-electron chi connectivity index (χ3n) is 3.11. The van der Waals surface area contributed by atoms with Crippen LogP contribution in [0.25, 0.3) is 0 Å². The predicted molar refractivity (Wildman–Crippen MR) is 76.4 cm³/mol. The van der Waals surface area contributed by atoms with Crippen LogP contribution in [-0.4, -0.2) is 19.8 Å². The highest BCUT2D eigenvalue weighted by Gasteiger charge is 2.25. The van der Waals surface area contributed by atoms with Crippen LogP contribution in [0.15, 0.2) is 39.6 Å². The molecule has 0 fully saturated rings.